The lowest BCUT2D eigenvalue weighted by atomic mass is 9.67. The maximum atomic E-state index is 13.2. The Balaban J connectivity index is 1.49. The number of carbonyl (C=O) groups excluding carboxylic acids is 1. The highest BCUT2D eigenvalue weighted by Crippen LogP contribution is 2.42. The molecule has 0 N–H and O–H groups in total. The van der Waals surface area contributed by atoms with Crippen molar-refractivity contribution < 1.29 is 4.79 Å². The van der Waals surface area contributed by atoms with Crippen LogP contribution in [0.3, 0.4) is 0 Å². The summed E-state index contributed by atoms with van der Waals surface area (Å²) in [5.41, 5.74) is 3.79. The van der Waals surface area contributed by atoms with E-state index in [4.69, 9.17) is 11.6 Å². The highest BCUT2D eigenvalue weighted by molar-refractivity contribution is 6.30. The van der Waals surface area contributed by atoms with Gasteiger partial charge in [-0.3, -0.25) is 4.79 Å². The van der Waals surface area contributed by atoms with Gasteiger partial charge in [0, 0.05) is 21.9 Å². The van der Waals surface area contributed by atoms with Crippen molar-refractivity contribution in [2.75, 3.05) is 0 Å². The second kappa shape index (κ2) is 11.7. The highest BCUT2D eigenvalue weighted by Gasteiger charge is 2.33. The van der Waals surface area contributed by atoms with Gasteiger partial charge in [0.15, 0.2) is 5.78 Å². The molecule has 1 fully saturated rings. The lowest BCUT2D eigenvalue weighted by Crippen LogP contribution is -2.28. The van der Waals surface area contributed by atoms with E-state index in [9.17, 15) is 4.79 Å². The minimum atomic E-state index is 0.0836. The summed E-state index contributed by atoms with van der Waals surface area (Å²) in [5.74, 6) is 0.435. The van der Waals surface area contributed by atoms with Gasteiger partial charge in [-0.15, -0.1) is 0 Å². The molecule has 1 aliphatic carbocycles. The summed E-state index contributed by atoms with van der Waals surface area (Å²) in [4.78, 5) is 13.2. The average Bonchev–Trinajstić information content (AvgIpc) is 2.86. The summed E-state index contributed by atoms with van der Waals surface area (Å²) in [6, 6.07) is 29.7. The van der Waals surface area contributed by atoms with Crippen molar-refractivity contribution in [2.24, 2.45) is 5.92 Å². The molecular weight excluding hydrogens is 424 g/mol. The van der Waals surface area contributed by atoms with Crippen molar-refractivity contribution in [1.29, 1.82) is 0 Å². The van der Waals surface area contributed by atoms with Crippen LogP contribution in [-0.4, -0.2) is 5.78 Å². The normalized spacial score (nSPS) is 18.1. The molecule has 3 aromatic rings. The Hall–Kier alpha value is -2.38. The topological polar surface area (TPSA) is 17.1 Å². The van der Waals surface area contributed by atoms with E-state index in [0.29, 0.717) is 10.8 Å². The van der Waals surface area contributed by atoms with Gasteiger partial charge in [-0.2, -0.15) is 0 Å². The van der Waals surface area contributed by atoms with E-state index in [-0.39, 0.29) is 11.3 Å². The van der Waals surface area contributed by atoms with Crippen LogP contribution in [0.25, 0.3) is 0 Å². The minimum absolute atomic E-state index is 0.0836. The van der Waals surface area contributed by atoms with Gasteiger partial charge in [-0.05, 0) is 61.1 Å². The molecule has 0 unspecified atom stereocenters. The second-order valence-corrected chi connectivity index (χ2v) is 10.0. The van der Waals surface area contributed by atoms with Gasteiger partial charge in [0.1, 0.15) is 0 Å². The largest absolute Gasteiger partial charge is 0.294 e. The lowest BCUT2D eigenvalue weighted by Gasteiger charge is -2.36. The molecule has 1 aliphatic rings. The van der Waals surface area contributed by atoms with Crippen LogP contribution in [0.5, 0.6) is 0 Å². The zero-order chi connectivity index (χ0) is 22.9. The molecule has 1 saturated carbocycles. The minimum Gasteiger partial charge on any atom is -0.294 e. The molecule has 4 rings (SSSR count). The van der Waals surface area contributed by atoms with Gasteiger partial charge in [0.05, 0.1) is 0 Å². The number of hydrogen-bond acceptors (Lipinski definition) is 1. The number of benzene rings is 3. The molecule has 1 nitrogen and oxygen atoms in total. The fourth-order valence-corrected chi connectivity index (χ4v) is 5.75. The van der Waals surface area contributed by atoms with Crippen LogP contribution < -0.4 is 0 Å². The molecule has 0 amide bonds. The first-order chi connectivity index (χ1) is 16.2. The summed E-state index contributed by atoms with van der Waals surface area (Å²) in [5, 5.41) is 0.686. The summed E-state index contributed by atoms with van der Waals surface area (Å²) in [6.45, 7) is 0. The van der Waals surface area contributed by atoms with Crippen LogP contribution in [-0.2, 0) is 5.41 Å². The zero-order valence-corrected chi connectivity index (χ0v) is 20.3. The van der Waals surface area contributed by atoms with Crippen molar-refractivity contribution in [2.45, 2.75) is 69.6 Å². The summed E-state index contributed by atoms with van der Waals surface area (Å²) in [6.07, 6.45) is 11.3. The Morgan fingerprint density at radius 1 is 0.636 bits per heavy atom. The van der Waals surface area contributed by atoms with E-state index >= 15 is 0 Å². The first-order valence-corrected chi connectivity index (χ1v) is 13.0. The van der Waals surface area contributed by atoms with Crippen molar-refractivity contribution >= 4 is 17.4 Å². The van der Waals surface area contributed by atoms with Gasteiger partial charge in [-0.25, -0.2) is 0 Å². The second-order valence-electron chi connectivity index (χ2n) is 9.58. The van der Waals surface area contributed by atoms with Gasteiger partial charge < -0.3 is 0 Å². The Kier molecular flexibility index (Phi) is 8.40. The van der Waals surface area contributed by atoms with Crippen molar-refractivity contribution in [3.8, 4) is 0 Å². The molecular formula is C31H35ClO. The predicted octanol–water partition coefficient (Wildman–Crippen LogP) is 9.04. The summed E-state index contributed by atoms with van der Waals surface area (Å²) in [7, 11) is 0. The van der Waals surface area contributed by atoms with E-state index < -0.39 is 0 Å². The van der Waals surface area contributed by atoms with E-state index in [0.717, 1.165) is 44.1 Å². The van der Waals surface area contributed by atoms with Crippen LogP contribution >= 0.6 is 11.6 Å². The molecule has 0 spiro atoms. The molecule has 0 aliphatic heterocycles. The number of Topliss-reactive ketones (excluding diaryl/α,β-unsaturated/α-hetero) is 1. The molecule has 0 heterocycles. The third-order valence-electron chi connectivity index (χ3n) is 7.46. The molecule has 0 aromatic heterocycles. The molecule has 172 valence electrons. The number of halogens is 1. The van der Waals surface area contributed by atoms with Crippen molar-refractivity contribution in [3.63, 3.8) is 0 Å². The summed E-state index contributed by atoms with van der Waals surface area (Å²) < 4.78 is 0. The monoisotopic (exact) mass is 458 g/mol. The summed E-state index contributed by atoms with van der Waals surface area (Å²) >= 11 is 6.02. The Bertz CT molecular complexity index is 939. The fraction of sp³-hybridized carbons (Fsp3) is 0.387. The standard InChI is InChI=1S/C31H35ClO/c32-29-21-19-26(20-22-29)30(33)25-13-5-3-11-23-31(24-12-4-6-14-25,27-15-7-1-8-16-27)28-17-9-2-10-18-28/h1-2,7-10,15-22,25H,3-6,11-14,23-24H2. The van der Waals surface area contributed by atoms with Crippen LogP contribution in [0.2, 0.25) is 5.02 Å². The number of hydrogen-bond donors (Lipinski definition) is 0. The Morgan fingerprint density at radius 3 is 1.61 bits per heavy atom. The first-order valence-electron chi connectivity index (χ1n) is 12.6. The van der Waals surface area contributed by atoms with E-state index in [1.54, 1.807) is 0 Å². The van der Waals surface area contributed by atoms with Gasteiger partial charge in [0.25, 0.3) is 0 Å². The smallest absolute Gasteiger partial charge is 0.165 e. The molecule has 3 aromatic carbocycles. The van der Waals surface area contributed by atoms with Crippen molar-refractivity contribution in [3.05, 3.63) is 107 Å². The number of carbonyl (C=O) groups is 1. The van der Waals surface area contributed by atoms with Crippen LogP contribution in [0.4, 0.5) is 0 Å². The van der Waals surface area contributed by atoms with E-state index in [2.05, 4.69) is 60.7 Å². The third-order valence-corrected chi connectivity index (χ3v) is 7.72. The van der Waals surface area contributed by atoms with Gasteiger partial charge >= 0.3 is 0 Å². The predicted molar refractivity (Wildman–Crippen MR) is 139 cm³/mol. The van der Waals surface area contributed by atoms with Gasteiger partial charge in [-0.1, -0.05) is 111 Å². The molecule has 0 radical (unpaired) electrons. The highest BCUT2D eigenvalue weighted by atomic mass is 35.5. The maximum absolute atomic E-state index is 13.2. The molecule has 0 bridgehead atoms. The van der Waals surface area contributed by atoms with Crippen LogP contribution in [0.1, 0.15) is 85.7 Å². The maximum Gasteiger partial charge on any atom is 0.165 e. The molecule has 0 saturated heterocycles. The first kappa shape index (κ1) is 23.8. The molecule has 2 heteroatoms. The number of ketones is 1. The number of rotatable bonds is 4. The zero-order valence-electron chi connectivity index (χ0n) is 19.5. The molecule has 0 atom stereocenters. The SMILES string of the molecule is O=C(c1ccc(Cl)cc1)C1CCCCCC(c2ccccc2)(c2ccccc2)CCCCC1. The van der Waals surface area contributed by atoms with E-state index in [1.165, 1.54) is 36.8 Å². The van der Waals surface area contributed by atoms with Gasteiger partial charge in [0.2, 0.25) is 0 Å². The third kappa shape index (κ3) is 5.95. The fourth-order valence-electron chi connectivity index (χ4n) is 5.63. The van der Waals surface area contributed by atoms with Crippen molar-refractivity contribution in [1.82, 2.24) is 0 Å². The van der Waals surface area contributed by atoms with E-state index in [1.807, 2.05) is 24.3 Å². The Morgan fingerprint density at radius 2 is 1.12 bits per heavy atom. The Labute approximate surface area is 204 Å². The van der Waals surface area contributed by atoms with Crippen LogP contribution in [0, 0.1) is 5.92 Å². The molecule has 33 heavy (non-hydrogen) atoms. The average molecular weight is 459 g/mol. The lowest BCUT2D eigenvalue weighted by molar-refractivity contribution is 0.0901. The van der Waals surface area contributed by atoms with Crippen LogP contribution in [0.15, 0.2) is 84.9 Å². The quantitative estimate of drug-likeness (QED) is 0.356.